The van der Waals surface area contributed by atoms with Crippen LogP contribution in [0.15, 0.2) is 47.3 Å². The molecule has 2 aromatic carbocycles. The lowest BCUT2D eigenvalue weighted by Crippen LogP contribution is -2.28. The van der Waals surface area contributed by atoms with E-state index in [1.54, 1.807) is 22.8 Å². The van der Waals surface area contributed by atoms with Crippen LogP contribution in [0.1, 0.15) is 43.7 Å². The van der Waals surface area contributed by atoms with Crippen LogP contribution in [0.4, 0.5) is 5.69 Å². The Labute approximate surface area is 161 Å². The summed E-state index contributed by atoms with van der Waals surface area (Å²) in [6.45, 7) is 0.370. The SMILES string of the molecule is O=c1n(Cc2ccc([N+](=O)[O-])cc2)c2ccc(Cl)cc2n1C1CCCCC1. The van der Waals surface area contributed by atoms with Crippen LogP contribution in [0.5, 0.6) is 0 Å². The first kappa shape index (κ1) is 17.8. The van der Waals surface area contributed by atoms with Crippen molar-refractivity contribution < 1.29 is 4.92 Å². The fourth-order valence-electron chi connectivity index (χ4n) is 4.00. The second-order valence-corrected chi connectivity index (χ2v) is 7.52. The van der Waals surface area contributed by atoms with E-state index in [4.69, 9.17) is 11.6 Å². The zero-order valence-electron chi connectivity index (χ0n) is 14.8. The van der Waals surface area contributed by atoms with Crippen molar-refractivity contribution in [2.45, 2.75) is 44.7 Å². The molecular formula is C20H20ClN3O3. The molecule has 3 aromatic rings. The number of benzene rings is 2. The first-order valence-electron chi connectivity index (χ1n) is 9.18. The molecule has 0 unspecified atom stereocenters. The van der Waals surface area contributed by atoms with Crippen LogP contribution in [0.2, 0.25) is 5.02 Å². The number of fused-ring (bicyclic) bond motifs is 1. The minimum atomic E-state index is -0.424. The number of nitrogens with zero attached hydrogens (tertiary/aromatic N) is 3. The Morgan fingerprint density at radius 2 is 1.74 bits per heavy atom. The molecule has 0 saturated heterocycles. The smallest absolute Gasteiger partial charge is 0.289 e. The van der Waals surface area contributed by atoms with Crippen LogP contribution < -0.4 is 5.69 Å². The summed E-state index contributed by atoms with van der Waals surface area (Å²) < 4.78 is 3.63. The molecule has 0 aliphatic heterocycles. The summed E-state index contributed by atoms with van der Waals surface area (Å²) in [7, 11) is 0. The number of nitro groups is 1. The monoisotopic (exact) mass is 385 g/mol. The molecule has 7 heteroatoms. The number of nitro benzene ring substituents is 1. The van der Waals surface area contributed by atoms with Crippen molar-refractivity contribution in [3.63, 3.8) is 0 Å². The molecule has 0 spiro atoms. The van der Waals surface area contributed by atoms with Crippen molar-refractivity contribution in [2.24, 2.45) is 0 Å². The van der Waals surface area contributed by atoms with Gasteiger partial charge < -0.3 is 0 Å². The Morgan fingerprint density at radius 1 is 1.04 bits per heavy atom. The lowest BCUT2D eigenvalue weighted by molar-refractivity contribution is -0.384. The lowest BCUT2D eigenvalue weighted by Gasteiger charge is -2.23. The first-order valence-corrected chi connectivity index (χ1v) is 9.56. The minimum absolute atomic E-state index is 0.0440. The van der Waals surface area contributed by atoms with E-state index in [1.807, 2.05) is 16.7 Å². The summed E-state index contributed by atoms with van der Waals surface area (Å²) >= 11 is 6.21. The predicted octanol–water partition coefficient (Wildman–Crippen LogP) is 4.92. The normalized spacial score (nSPS) is 15.3. The standard InChI is InChI=1S/C20H20ClN3O3/c21-15-8-11-18-19(12-15)23(16-4-2-1-3-5-16)20(25)22(18)13-14-6-9-17(10-7-14)24(26)27/h6-12,16H,1-5,13H2. The van der Waals surface area contributed by atoms with Crippen LogP contribution in [0.25, 0.3) is 11.0 Å². The number of hydrogen-bond acceptors (Lipinski definition) is 3. The third kappa shape index (κ3) is 3.37. The summed E-state index contributed by atoms with van der Waals surface area (Å²) in [6, 6.07) is 12.1. The Balaban J connectivity index is 1.79. The van der Waals surface area contributed by atoms with Crippen LogP contribution in [0, 0.1) is 10.1 Å². The van der Waals surface area contributed by atoms with Gasteiger partial charge in [0.25, 0.3) is 5.69 Å². The molecule has 0 atom stereocenters. The topological polar surface area (TPSA) is 70.1 Å². The highest BCUT2D eigenvalue weighted by atomic mass is 35.5. The highest BCUT2D eigenvalue weighted by molar-refractivity contribution is 6.31. The predicted molar refractivity (Wildman–Crippen MR) is 106 cm³/mol. The molecule has 1 aliphatic carbocycles. The number of rotatable bonds is 4. The van der Waals surface area contributed by atoms with Crippen molar-refractivity contribution in [3.05, 3.63) is 73.6 Å². The largest absolute Gasteiger partial charge is 0.329 e. The summed E-state index contributed by atoms with van der Waals surface area (Å²) in [6.07, 6.45) is 5.49. The number of non-ortho nitro benzene ring substituents is 1. The van der Waals surface area contributed by atoms with Gasteiger partial charge in [-0.2, -0.15) is 0 Å². The van der Waals surface area contributed by atoms with Gasteiger partial charge in [-0.3, -0.25) is 19.2 Å². The van der Waals surface area contributed by atoms with Crippen molar-refractivity contribution in [2.75, 3.05) is 0 Å². The van der Waals surface area contributed by atoms with Gasteiger partial charge in [0.2, 0.25) is 0 Å². The van der Waals surface area contributed by atoms with Gasteiger partial charge in [0.15, 0.2) is 0 Å². The average Bonchev–Trinajstić information content (AvgIpc) is 2.94. The molecule has 4 rings (SSSR count). The lowest BCUT2D eigenvalue weighted by atomic mass is 9.95. The van der Waals surface area contributed by atoms with Gasteiger partial charge in [0, 0.05) is 23.2 Å². The maximum atomic E-state index is 13.3. The quantitative estimate of drug-likeness (QED) is 0.472. The maximum Gasteiger partial charge on any atom is 0.329 e. The molecule has 6 nitrogen and oxygen atoms in total. The van der Waals surface area contributed by atoms with E-state index in [-0.39, 0.29) is 17.4 Å². The van der Waals surface area contributed by atoms with E-state index >= 15 is 0 Å². The van der Waals surface area contributed by atoms with Crippen molar-refractivity contribution in [3.8, 4) is 0 Å². The maximum absolute atomic E-state index is 13.3. The van der Waals surface area contributed by atoms with E-state index in [2.05, 4.69) is 0 Å². The van der Waals surface area contributed by atoms with Gasteiger partial charge in [-0.25, -0.2) is 4.79 Å². The summed E-state index contributed by atoms with van der Waals surface area (Å²) in [5.74, 6) is 0. The Morgan fingerprint density at radius 3 is 2.41 bits per heavy atom. The van der Waals surface area contributed by atoms with E-state index in [9.17, 15) is 14.9 Å². The van der Waals surface area contributed by atoms with Gasteiger partial charge in [-0.15, -0.1) is 0 Å². The molecule has 140 valence electrons. The van der Waals surface area contributed by atoms with Crippen LogP contribution >= 0.6 is 11.6 Å². The highest BCUT2D eigenvalue weighted by Gasteiger charge is 2.22. The molecule has 27 heavy (non-hydrogen) atoms. The van der Waals surface area contributed by atoms with Crippen LogP contribution in [-0.2, 0) is 6.54 Å². The molecule has 0 N–H and O–H groups in total. The van der Waals surface area contributed by atoms with Gasteiger partial charge in [0.05, 0.1) is 22.5 Å². The Hall–Kier alpha value is -2.60. The highest BCUT2D eigenvalue weighted by Crippen LogP contribution is 2.31. The zero-order chi connectivity index (χ0) is 19.0. The van der Waals surface area contributed by atoms with Gasteiger partial charge in [-0.05, 0) is 36.6 Å². The van der Waals surface area contributed by atoms with Crippen LogP contribution in [-0.4, -0.2) is 14.1 Å². The van der Waals surface area contributed by atoms with Crippen molar-refractivity contribution in [1.29, 1.82) is 0 Å². The second-order valence-electron chi connectivity index (χ2n) is 7.09. The van der Waals surface area contributed by atoms with Crippen LogP contribution in [0.3, 0.4) is 0 Å². The minimum Gasteiger partial charge on any atom is -0.289 e. The van der Waals surface area contributed by atoms with E-state index in [0.29, 0.717) is 11.6 Å². The molecule has 1 aromatic heterocycles. The van der Waals surface area contributed by atoms with E-state index in [0.717, 1.165) is 42.3 Å². The summed E-state index contributed by atoms with van der Waals surface area (Å²) in [4.78, 5) is 23.7. The molecule has 0 amide bonds. The molecule has 1 aliphatic rings. The van der Waals surface area contributed by atoms with Gasteiger partial charge >= 0.3 is 5.69 Å². The molecule has 0 radical (unpaired) electrons. The number of imidazole rings is 1. The Bertz CT molecular complexity index is 1050. The third-order valence-corrected chi connectivity index (χ3v) is 5.59. The van der Waals surface area contributed by atoms with E-state index in [1.165, 1.54) is 18.6 Å². The molecule has 1 saturated carbocycles. The molecule has 0 bridgehead atoms. The number of aromatic nitrogens is 2. The van der Waals surface area contributed by atoms with Gasteiger partial charge in [0.1, 0.15) is 0 Å². The fraction of sp³-hybridized carbons (Fsp3) is 0.350. The first-order chi connectivity index (χ1) is 13.0. The second kappa shape index (κ2) is 7.19. The zero-order valence-corrected chi connectivity index (χ0v) is 15.6. The number of hydrogen-bond donors (Lipinski definition) is 0. The van der Waals surface area contributed by atoms with E-state index < -0.39 is 4.92 Å². The summed E-state index contributed by atoms with van der Waals surface area (Å²) in [5, 5.41) is 11.5. The fourth-order valence-corrected chi connectivity index (χ4v) is 4.17. The van der Waals surface area contributed by atoms with Gasteiger partial charge in [-0.1, -0.05) is 43.0 Å². The molecular weight excluding hydrogens is 366 g/mol. The Kier molecular flexibility index (Phi) is 4.74. The van der Waals surface area contributed by atoms with Crippen molar-refractivity contribution >= 4 is 28.3 Å². The molecule has 1 fully saturated rings. The third-order valence-electron chi connectivity index (χ3n) is 5.35. The summed E-state index contributed by atoms with van der Waals surface area (Å²) in [5.41, 5.74) is 2.55. The number of halogens is 1. The molecule has 1 heterocycles. The average molecular weight is 386 g/mol. The van der Waals surface area contributed by atoms with Crippen molar-refractivity contribution in [1.82, 2.24) is 9.13 Å².